The minimum atomic E-state index is 0.296. The quantitative estimate of drug-likeness (QED) is 0.840. The molecule has 4 heteroatoms. The van der Waals surface area contributed by atoms with Crippen molar-refractivity contribution in [1.29, 1.82) is 0 Å². The molecule has 0 spiro atoms. The van der Waals surface area contributed by atoms with Gasteiger partial charge >= 0.3 is 0 Å². The summed E-state index contributed by atoms with van der Waals surface area (Å²) in [6.07, 6.45) is 3.55. The van der Waals surface area contributed by atoms with Gasteiger partial charge in [-0.25, -0.2) is 0 Å². The van der Waals surface area contributed by atoms with Gasteiger partial charge in [-0.2, -0.15) is 0 Å². The number of nitrogens with zero attached hydrogens (tertiary/aromatic N) is 1. The summed E-state index contributed by atoms with van der Waals surface area (Å²) in [6.45, 7) is 10.7. The van der Waals surface area contributed by atoms with Crippen molar-refractivity contribution in [3.05, 3.63) is 28.8 Å². The number of amides is 1. The molecule has 23 heavy (non-hydrogen) atoms. The van der Waals surface area contributed by atoms with Gasteiger partial charge in [0.1, 0.15) is 5.75 Å². The topological polar surface area (TPSA) is 41.6 Å². The average molecular weight is 318 g/mol. The van der Waals surface area contributed by atoms with Gasteiger partial charge in [-0.05, 0) is 61.9 Å². The standard InChI is InChI=1S/C19H30N2O2/c1-4-12-23-17-13-15(2)18(16(3)14-17)6-5-7-19(22)21-10-8-20-9-11-21/h13-14,20H,4-12H2,1-3H3. The molecule has 2 rings (SSSR count). The minimum Gasteiger partial charge on any atom is -0.494 e. The van der Waals surface area contributed by atoms with Crippen LogP contribution in [0.3, 0.4) is 0 Å². The summed E-state index contributed by atoms with van der Waals surface area (Å²) in [6, 6.07) is 4.24. The van der Waals surface area contributed by atoms with Crippen molar-refractivity contribution >= 4 is 5.91 Å². The van der Waals surface area contributed by atoms with E-state index in [9.17, 15) is 4.79 Å². The fourth-order valence-corrected chi connectivity index (χ4v) is 3.14. The van der Waals surface area contributed by atoms with Gasteiger partial charge in [0.25, 0.3) is 0 Å². The molecule has 1 fully saturated rings. The van der Waals surface area contributed by atoms with Gasteiger partial charge in [0.15, 0.2) is 0 Å². The summed E-state index contributed by atoms with van der Waals surface area (Å²) in [4.78, 5) is 14.2. The Labute approximate surface area is 140 Å². The monoisotopic (exact) mass is 318 g/mol. The third-order valence-electron chi connectivity index (χ3n) is 4.43. The van der Waals surface area contributed by atoms with Gasteiger partial charge in [-0.1, -0.05) is 6.92 Å². The van der Waals surface area contributed by atoms with E-state index in [1.54, 1.807) is 0 Å². The second kappa shape index (κ2) is 8.92. The smallest absolute Gasteiger partial charge is 0.222 e. The Hall–Kier alpha value is -1.55. The first-order valence-electron chi connectivity index (χ1n) is 8.83. The van der Waals surface area contributed by atoms with Gasteiger partial charge < -0.3 is 15.0 Å². The minimum absolute atomic E-state index is 0.296. The highest BCUT2D eigenvalue weighted by molar-refractivity contribution is 5.76. The largest absolute Gasteiger partial charge is 0.494 e. The highest BCUT2D eigenvalue weighted by Gasteiger charge is 2.16. The SMILES string of the molecule is CCCOc1cc(C)c(CCCC(=O)N2CCNCC2)c(C)c1. The number of benzene rings is 1. The maximum Gasteiger partial charge on any atom is 0.222 e. The first-order valence-corrected chi connectivity index (χ1v) is 8.83. The fourth-order valence-electron chi connectivity index (χ4n) is 3.14. The fraction of sp³-hybridized carbons (Fsp3) is 0.632. The number of hydrogen-bond donors (Lipinski definition) is 1. The van der Waals surface area contributed by atoms with Crippen LogP contribution in [0.15, 0.2) is 12.1 Å². The predicted octanol–water partition coefficient (Wildman–Crippen LogP) is 2.85. The first-order chi connectivity index (χ1) is 11.1. The number of aryl methyl sites for hydroxylation is 2. The maximum absolute atomic E-state index is 12.2. The number of piperazine rings is 1. The summed E-state index contributed by atoms with van der Waals surface area (Å²) >= 11 is 0. The summed E-state index contributed by atoms with van der Waals surface area (Å²) in [5, 5.41) is 3.28. The van der Waals surface area contributed by atoms with Crippen LogP contribution in [0.2, 0.25) is 0 Å². The van der Waals surface area contributed by atoms with Gasteiger partial charge in [-0.15, -0.1) is 0 Å². The summed E-state index contributed by atoms with van der Waals surface area (Å²) < 4.78 is 5.73. The zero-order chi connectivity index (χ0) is 16.7. The van der Waals surface area contributed by atoms with E-state index in [0.29, 0.717) is 12.3 Å². The molecule has 1 aromatic rings. The molecular formula is C19H30N2O2. The molecule has 0 aromatic heterocycles. The number of ether oxygens (including phenoxy) is 1. The number of rotatable bonds is 7. The zero-order valence-corrected chi connectivity index (χ0v) is 14.8. The molecule has 0 aliphatic carbocycles. The Morgan fingerprint density at radius 2 is 1.87 bits per heavy atom. The van der Waals surface area contributed by atoms with Crippen LogP contribution in [0, 0.1) is 13.8 Å². The van der Waals surface area contributed by atoms with E-state index in [1.165, 1.54) is 16.7 Å². The van der Waals surface area contributed by atoms with E-state index < -0.39 is 0 Å². The highest BCUT2D eigenvalue weighted by atomic mass is 16.5. The van der Waals surface area contributed by atoms with Crippen molar-refractivity contribution in [2.45, 2.75) is 46.5 Å². The summed E-state index contributed by atoms with van der Waals surface area (Å²) in [7, 11) is 0. The van der Waals surface area contributed by atoms with E-state index in [2.05, 4.69) is 38.2 Å². The number of carbonyl (C=O) groups is 1. The van der Waals surface area contributed by atoms with Gasteiger partial charge in [0.2, 0.25) is 5.91 Å². The molecule has 0 saturated carbocycles. The van der Waals surface area contributed by atoms with Crippen LogP contribution >= 0.6 is 0 Å². The Bertz CT molecular complexity index is 499. The lowest BCUT2D eigenvalue weighted by molar-refractivity contribution is -0.131. The molecule has 1 saturated heterocycles. The van der Waals surface area contributed by atoms with E-state index in [1.807, 2.05) is 4.90 Å². The van der Waals surface area contributed by atoms with Gasteiger partial charge in [0, 0.05) is 32.6 Å². The normalized spacial score (nSPS) is 14.8. The third-order valence-corrected chi connectivity index (χ3v) is 4.43. The van der Waals surface area contributed by atoms with Crippen molar-refractivity contribution in [3.8, 4) is 5.75 Å². The molecule has 4 nitrogen and oxygen atoms in total. The van der Waals surface area contributed by atoms with Crippen molar-refractivity contribution in [3.63, 3.8) is 0 Å². The summed E-state index contributed by atoms with van der Waals surface area (Å²) in [5.74, 6) is 1.26. The van der Waals surface area contributed by atoms with E-state index in [0.717, 1.165) is 57.8 Å². The number of hydrogen-bond acceptors (Lipinski definition) is 3. The molecular weight excluding hydrogens is 288 g/mol. The third kappa shape index (κ3) is 5.24. The molecule has 1 aliphatic rings. The lowest BCUT2D eigenvalue weighted by Gasteiger charge is -2.27. The van der Waals surface area contributed by atoms with Crippen LogP contribution in [0.4, 0.5) is 0 Å². The molecule has 1 amide bonds. The molecule has 0 unspecified atom stereocenters. The lowest BCUT2D eigenvalue weighted by atomic mass is 9.97. The van der Waals surface area contributed by atoms with Crippen LogP contribution in [-0.2, 0) is 11.2 Å². The summed E-state index contributed by atoms with van der Waals surface area (Å²) in [5.41, 5.74) is 3.90. The van der Waals surface area contributed by atoms with E-state index >= 15 is 0 Å². The Kier molecular flexibility index (Phi) is 6.90. The number of nitrogens with one attached hydrogen (secondary N) is 1. The van der Waals surface area contributed by atoms with Crippen molar-refractivity contribution in [2.24, 2.45) is 0 Å². The second-order valence-corrected chi connectivity index (χ2v) is 6.37. The van der Waals surface area contributed by atoms with Crippen LogP contribution in [-0.4, -0.2) is 43.6 Å². The maximum atomic E-state index is 12.2. The van der Waals surface area contributed by atoms with Crippen LogP contribution < -0.4 is 10.1 Å². The number of carbonyl (C=O) groups excluding carboxylic acids is 1. The van der Waals surface area contributed by atoms with Crippen LogP contribution in [0.25, 0.3) is 0 Å². The first kappa shape index (κ1) is 17.8. The Morgan fingerprint density at radius 1 is 1.22 bits per heavy atom. The van der Waals surface area contributed by atoms with Crippen LogP contribution in [0.1, 0.15) is 42.9 Å². The van der Waals surface area contributed by atoms with Gasteiger partial charge in [0.05, 0.1) is 6.61 Å². The second-order valence-electron chi connectivity index (χ2n) is 6.37. The molecule has 0 bridgehead atoms. The van der Waals surface area contributed by atoms with E-state index in [4.69, 9.17) is 4.74 Å². The molecule has 1 aromatic carbocycles. The van der Waals surface area contributed by atoms with Crippen molar-refractivity contribution in [2.75, 3.05) is 32.8 Å². The van der Waals surface area contributed by atoms with Crippen LogP contribution in [0.5, 0.6) is 5.75 Å². The predicted molar refractivity (Wildman–Crippen MR) is 94.1 cm³/mol. The van der Waals surface area contributed by atoms with Gasteiger partial charge in [-0.3, -0.25) is 4.79 Å². The molecule has 1 aliphatic heterocycles. The van der Waals surface area contributed by atoms with Crippen molar-refractivity contribution in [1.82, 2.24) is 10.2 Å². The zero-order valence-electron chi connectivity index (χ0n) is 14.8. The van der Waals surface area contributed by atoms with Crippen molar-refractivity contribution < 1.29 is 9.53 Å². The molecule has 128 valence electrons. The Balaban J connectivity index is 1.86. The average Bonchev–Trinajstić information content (AvgIpc) is 2.56. The lowest BCUT2D eigenvalue weighted by Crippen LogP contribution is -2.46. The molecule has 1 N–H and O–H groups in total. The molecule has 0 atom stereocenters. The molecule has 0 radical (unpaired) electrons. The molecule has 1 heterocycles. The van der Waals surface area contributed by atoms with E-state index in [-0.39, 0.29) is 0 Å². The highest BCUT2D eigenvalue weighted by Crippen LogP contribution is 2.23. The Morgan fingerprint density at radius 3 is 2.48 bits per heavy atom.